The van der Waals surface area contributed by atoms with E-state index < -0.39 is 0 Å². The number of ketones is 1. The Bertz CT molecular complexity index is 627. The molecule has 2 heteroatoms. The molecule has 2 nitrogen and oxygen atoms in total. The Kier molecular flexibility index (Phi) is 4.72. The lowest BCUT2D eigenvalue weighted by Gasteiger charge is -2.03. The molecule has 0 saturated carbocycles. The molecule has 0 bridgehead atoms. The van der Waals surface area contributed by atoms with E-state index in [0.29, 0.717) is 12.2 Å². The van der Waals surface area contributed by atoms with E-state index in [-0.39, 0.29) is 5.78 Å². The van der Waals surface area contributed by atoms with E-state index >= 15 is 0 Å². The smallest absolute Gasteiger partial charge is 0.185 e. The molecule has 0 aromatic heterocycles. The molecule has 0 saturated heterocycles. The minimum Gasteiger partial charge on any atom is -0.494 e. The Morgan fingerprint density at radius 3 is 2.70 bits per heavy atom. The van der Waals surface area contributed by atoms with Crippen molar-refractivity contribution in [3.8, 4) is 5.75 Å². The monoisotopic (exact) mass is 266 g/mol. The van der Waals surface area contributed by atoms with Crippen LogP contribution in [-0.4, -0.2) is 12.4 Å². The third-order valence-electron chi connectivity index (χ3n) is 2.90. The summed E-state index contributed by atoms with van der Waals surface area (Å²) in [5.41, 5.74) is 2.75. The number of carbonyl (C=O) groups is 1. The zero-order valence-corrected chi connectivity index (χ0v) is 11.8. The van der Waals surface area contributed by atoms with E-state index in [1.807, 2.05) is 68.5 Å². The molecule has 0 N–H and O–H groups in total. The van der Waals surface area contributed by atoms with Crippen molar-refractivity contribution < 1.29 is 9.53 Å². The molecule has 0 amide bonds. The van der Waals surface area contributed by atoms with Crippen molar-refractivity contribution in [3.05, 3.63) is 71.3 Å². The Morgan fingerprint density at radius 1 is 1.15 bits per heavy atom. The van der Waals surface area contributed by atoms with Gasteiger partial charge in [-0.25, -0.2) is 0 Å². The second-order valence-corrected chi connectivity index (χ2v) is 4.57. The van der Waals surface area contributed by atoms with Crippen LogP contribution in [0, 0.1) is 6.92 Å². The van der Waals surface area contributed by atoms with Crippen LogP contribution in [0.2, 0.25) is 0 Å². The summed E-state index contributed by atoms with van der Waals surface area (Å²) in [5, 5.41) is 0. The van der Waals surface area contributed by atoms with Crippen molar-refractivity contribution in [2.75, 3.05) is 6.61 Å². The maximum atomic E-state index is 12.1. The summed E-state index contributed by atoms with van der Waals surface area (Å²) in [6.45, 7) is 4.56. The van der Waals surface area contributed by atoms with Gasteiger partial charge in [0.05, 0.1) is 6.61 Å². The summed E-state index contributed by atoms with van der Waals surface area (Å²) in [4.78, 5) is 12.1. The first-order valence-electron chi connectivity index (χ1n) is 6.71. The van der Waals surface area contributed by atoms with Gasteiger partial charge in [0.2, 0.25) is 0 Å². The molecule has 0 aliphatic rings. The van der Waals surface area contributed by atoms with Crippen LogP contribution in [0.3, 0.4) is 0 Å². The predicted molar refractivity (Wildman–Crippen MR) is 82.2 cm³/mol. The van der Waals surface area contributed by atoms with Gasteiger partial charge >= 0.3 is 0 Å². The van der Waals surface area contributed by atoms with E-state index in [4.69, 9.17) is 4.74 Å². The molecule has 2 aromatic carbocycles. The van der Waals surface area contributed by atoms with Crippen molar-refractivity contribution in [1.82, 2.24) is 0 Å². The van der Waals surface area contributed by atoms with Crippen molar-refractivity contribution in [2.24, 2.45) is 0 Å². The number of hydrogen-bond donors (Lipinski definition) is 0. The van der Waals surface area contributed by atoms with Gasteiger partial charge in [0.15, 0.2) is 5.78 Å². The van der Waals surface area contributed by atoms with Crippen LogP contribution in [0.15, 0.2) is 54.6 Å². The highest BCUT2D eigenvalue weighted by atomic mass is 16.5. The lowest BCUT2D eigenvalue weighted by Crippen LogP contribution is -1.94. The first-order valence-corrected chi connectivity index (χ1v) is 6.71. The summed E-state index contributed by atoms with van der Waals surface area (Å²) in [6, 6.07) is 15.3. The molecule has 0 fully saturated rings. The van der Waals surface area contributed by atoms with Gasteiger partial charge in [-0.1, -0.05) is 42.0 Å². The fourth-order valence-corrected chi connectivity index (χ4v) is 1.94. The fourth-order valence-electron chi connectivity index (χ4n) is 1.94. The van der Waals surface area contributed by atoms with Gasteiger partial charge in [-0.2, -0.15) is 0 Å². The van der Waals surface area contributed by atoms with Crippen molar-refractivity contribution >= 4 is 11.9 Å². The first kappa shape index (κ1) is 14.1. The number of aryl methyl sites for hydroxylation is 1. The number of allylic oxidation sites excluding steroid dienone is 1. The zero-order valence-electron chi connectivity index (χ0n) is 11.8. The highest BCUT2D eigenvalue weighted by Crippen LogP contribution is 2.15. The normalized spacial score (nSPS) is 10.7. The van der Waals surface area contributed by atoms with Gasteiger partial charge in [-0.15, -0.1) is 0 Å². The van der Waals surface area contributed by atoms with E-state index in [0.717, 1.165) is 16.9 Å². The third-order valence-corrected chi connectivity index (χ3v) is 2.90. The molecule has 0 unspecified atom stereocenters. The van der Waals surface area contributed by atoms with E-state index in [1.54, 1.807) is 6.08 Å². The maximum Gasteiger partial charge on any atom is 0.185 e. The largest absolute Gasteiger partial charge is 0.494 e. The van der Waals surface area contributed by atoms with Crippen LogP contribution in [0.1, 0.15) is 28.4 Å². The molecule has 2 aromatic rings. The first-order chi connectivity index (χ1) is 9.69. The summed E-state index contributed by atoms with van der Waals surface area (Å²) in [6.07, 6.45) is 3.41. The minimum absolute atomic E-state index is 0.00973. The van der Waals surface area contributed by atoms with Crippen molar-refractivity contribution in [2.45, 2.75) is 13.8 Å². The zero-order chi connectivity index (χ0) is 14.4. The lowest BCUT2D eigenvalue weighted by atomic mass is 10.1. The molecule has 102 valence electrons. The van der Waals surface area contributed by atoms with Gasteiger partial charge in [0.25, 0.3) is 0 Å². The standard InChI is InChI=1S/C18H18O2/c1-3-20-17-9-5-7-15(13-17)10-11-18(19)16-8-4-6-14(2)12-16/h4-13H,3H2,1-2H3. The van der Waals surface area contributed by atoms with Crippen LogP contribution >= 0.6 is 0 Å². The molecule has 20 heavy (non-hydrogen) atoms. The number of benzene rings is 2. The molecular weight excluding hydrogens is 248 g/mol. The second kappa shape index (κ2) is 6.71. The third kappa shape index (κ3) is 3.82. The summed E-state index contributed by atoms with van der Waals surface area (Å²) in [5.74, 6) is 0.827. The highest BCUT2D eigenvalue weighted by molar-refractivity contribution is 6.06. The minimum atomic E-state index is 0.00973. The summed E-state index contributed by atoms with van der Waals surface area (Å²) >= 11 is 0. The molecule has 2 rings (SSSR count). The molecule has 0 radical (unpaired) electrons. The Balaban J connectivity index is 2.12. The molecule has 0 aliphatic carbocycles. The number of ether oxygens (including phenoxy) is 1. The Morgan fingerprint density at radius 2 is 1.95 bits per heavy atom. The molecular formula is C18H18O2. The number of rotatable bonds is 5. The van der Waals surface area contributed by atoms with Crippen LogP contribution in [-0.2, 0) is 0 Å². The Hall–Kier alpha value is -2.35. The van der Waals surface area contributed by atoms with Crippen molar-refractivity contribution in [3.63, 3.8) is 0 Å². The molecule has 0 heterocycles. The second-order valence-electron chi connectivity index (χ2n) is 4.57. The number of hydrogen-bond acceptors (Lipinski definition) is 2. The molecule has 0 aliphatic heterocycles. The van der Waals surface area contributed by atoms with E-state index in [1.165, 1.54) is 0 Å². The van der Waals surface area contributed by atoms with Crippen LogP contribution in [0.5, 0.6) is 5.75 Å². The molecule has 0 spiro atoms. The summed E-state index contributed by atoms with van der Waals surface area (Å²) < 4.78 is 5.43. The SMILES string of the molecule is CCOc1cccc(C=CC(=O)c2cccc(C)c2)c1. The predicted octanol–water partition coefficient (Wildman–Crippen LogP) is 4.29. The topological polar surface area (TPSA) is 26.3 Å². The lowest BCUT2D eigenvalue weighted by molar-refractivity contribution is 0.104. The average Bonchev–Trinajstić information content (AvgIpc) is 2.45. The van der Waals surface area contributed by atoms with Gasteiger partial charge in [-0.3, -0.25) is 4.79 Å². The molecule has 0 atom stereocenters. The highest BCUT2D eigenvalue weighted by Gasteiger charge is 2.01. The van der Waals surface area contributed by atoms with Crippen LogP contribution in [0.25, 0.3) is 6.08 Å². The average molecular weight is 266 g/mol. The number of carbonyl (C=O) groups excluding carboxylic acids is 1. The van der Waals surface area contributed by atoms with Crippen LogP contribution in [0.4, 0.5) is 0 Å². The van der Waals surface area contributed by atoms with Gasteiger partial charge < -0.3 is 4.74 Å². The van der Waals surface area contributed by atoms with E-state index in [2.05, 4.69) is 0 Å². The van der Waals surface area contributed by atoms with Crippen molar-refractivity contribution in [1.29, 1.82) is 0 Å². The fraction of sp³-hybridized carbons (Fsp3) is 0.167. The maximum absolute atomic E-state index is 12.1. The van der Waals surface area contributed by atoms with E-state index in [9.17, 15) is 4.79 Å². The van der Waals surface area contributed by atoms with Gasteiger partial charge in [0.1, 0.15) is 5.75 Å². The van der Waals surface area contributed by atoms with Gasteiger partial charge in [0, 0.05) is 5.56 Å². The van der Waals surface area contributed by atoms with Crippen LogP contribution < -0.4 is 4.74 Å². The Labute approximate surface area is 119 Å². The quantitative estimate of drug-likeness (QED) is 0.596. The van der Waals surface area contributed by atoms with Gasteiger partial charge in [-0.05, 0) is 43.7 Å². The summed E-state index contributed by atoms with van der Waals surface area (Å²) in [7, 11) is 0.